The molecular weight excluding hydrogens is 272 g/mol. The van der Waals surface area contributed by atoms with E-state index in [1.165, 1.54) is 12.1 Å². The normalized spacial score (nSPS) is 16.4. The lowest BCUT2D eigenvalue weighted by Gasteiger charge is -2.30. The summed E-state index contributed by atoms with van der Waals surface area (Å²) in [4.78, 5) is 12.6. The zero-order valence-corrected chi connectivity index (χ0v) is 10.9. The summed E-state index contributed by atoms with van der Waals surface area (Å²) >= 11 is 0. The van der Waals surface area contributed by atoms with Crippen molar-refractivity contribution in [1.82, 2.24) is 0 Å². The van der Waals surface area contributed by atoms with Crippen LogP contribution < -0.4 is 10.0 Å². The largest absolute Gasteiger partial charge is 0.478 e. The van der Waals surface area contributed by atoms with E-state index in [9.17, 15) is 13.2 Å². The van der Waals surface area contributed by atoms with Crippen molar-refractivity contribution >= 4 is 21.7 Å². The fraction of sp³-hybridized carbons (Fsp3) is 0.364. The fourth-order valence-electron chi connectivity index (χ4n) is 2.05. The van der Waals surface area contributed by atoms with Crippen molar-refractivity contribution in [3.8, 4) is 0 Å². The molecule has 0 saturated carbocycles. The second kappa shape index (κ2) is 5.16. The summed E-state index contributed by atoms with van der Waals surface area (Å²) in [6.07, 6.45) is 0. The van der Waals surface area contributed by atoms with Gasteiger partial charge in [0.15, 0.2) is 0 Å². The molecule has 104 valence electrons. The van der Waals surface area contributed by atoms with Crippen LogP contribution in [0, 0.1) is 0 Å². The Hall–Kier alpha value is -1.64. The van der Waals surface area contributed by atoms with Crippen molar-refractivity contribution in [2.45, 2.75) is 4.90 Å². The number of carboxylic acids is 1. The van der Waals surface area contributed by atoms with Crippen molar-refractivity contribution in [3.63, 3.8) is 0 Å². The molecule has 0 bridgehead atoms. The number of morpholine rings is 1. The van der Waals surface area contributed by atoms with Gasteiger partial charge in [-0.05, 0) is 12.1 Å². The monoisotopic (exact) mass is 286 g/mol. The van der Waals surface area contributed by atoms with Crippen molar-refractivity contribution in [2.24, 2.45) is 5.14 Å². The highest BCUT2D eigenvalue weighted by atomic mass is 32.2. The highest BCUT2D eigenvalue weighted by Gasteiger charge is 2.26. The van der Waals surface area contributed by atoms with E-state index in [1.54, 1.807) is 11.0 Å². The van der Waals surface area contributed by atoms with E-state index in [1.807, 2.05) is 0 Å². The van der Waals surface area contributed by atoms with Gasteiger partial charge in [0.2, 0.25) is 10.0 Å². The minimum atomic E-state index is -4.12. The van der Waals surface area contributed by atoms with Crippen LogP contribution in [0.25, 0.3) is 0 Å². The van der Waals surface area contributed by atoms with E-state index in [2.05, 4.69) is 0 Å². The number of hydrogen-bond donors (Lipinski definition) is 2. The molecule has 1 aromatic carbocycles. The van der Waals surface area contributed by atoms with Crippen molar-refractivity contribution in [2.75, 3.05) is 31.2 Å². The first-order valence-electron chi connectivity index (χ1n) is 5.63. The summed E-state index contributed by atoms with van der Waals surface area (Å²) in [5, 5.41) is 14.2. The maximum atomic E-state index is 11.7. The lowest BCUT2D eigenvalue weighted by molar-refractivity contribution is 0.0692. The third kappa shape index (κ3) is 2.86. The average molecular weight is 286 g/mol. The van der Waals surface area contributed by atoms with Gasteiger partial charge in [0, 0.05) is 13.1 Å². The van der Waals surface area contributed by atoms with Gasteiger partial charge in [0.25, 0.3) is 0 Å². The number of hydrogen-bond acceptors (Lipinski definition) is 5. The number of sulfonamides is 1. The summed E-state index contributed by atoms with van der Waals surface area (Å²) in [7, 11) is -4.12. The van der Waals surface area contributed by atoms with Crippen LogP contribution in [0.2, 0.25) is 0 Å². The highest BCUT2D eigenvalue weighted by Crippen LogP contribution is 2.28. The Morgan fingerprint density at radius 2 is 1.95 bits per heavy atom. The third-order valence-corrected chi connectivity index (χ3v) is 3.86. The quantitative estimate of drug-likeness (QED) is 0.801. The van der Waals surface area contributed by atoms with Crippen LogP contribution in [0.5, 0.6) is 0 Å². The number of primary sulfonamides is 1. The summed E-state index contributed by atoms with van der Waals surface area (Å²) in [6.45, 7) is 1.90. The topological polar surface area (TPSA) is 110 Å². The van der Waals surface area contributed by atoms with Crippen LogP contribution >= 0.6 is 0 Å². The Balaban J connectivity index is 2.60. The van der Waals surface area contributed by atoms with Gasteiger partial charge in [-0.15, -0.1) is 0 Å². The minimum absolute atomic E-state index is 0.311. The number of rotatable bonds is 3. The van der Waals surface area contributed by atoms with Crippen LogP contribution in [-0.2, 0) is 14.8 Å². The van der Waals surface area contributed by atoms with Gasteiger partial charge in [0.05, 0.1) is 24.5 Å². The lowest BCUT2D eigenvalue weighted by atomic mass is 10.2. The molecule has 0 aliphatic carbocycles. The molecule has 19 heavy (non-hydrogen) atoms. The van der Waals surface area contributed by atoms with Crippen molar-refractivity contribution < 1.29 is 23.1 Å². The molecule has 1 aromatic rings. The molecule has 2 rings (SSSR count). The zero-order valence-electron chi connectivity index (χ0n) is 10.1. The Kier molecular flexibility index (Phi) is 3.74. The summed E-state index contributed by atoms with van der Waals surface area (Å²) < 4.78 is 28.5. The van der Waals surface area contributed by atoms with Crippen LogP contribution in [0.4, 0.5) is 5.69 Å². The van der Waals surface area contributed by atoms with Gasteiger partial charge in [-0.2, -0.15) is 0 Å². The molecule has 1 aliphatic rings. The van der Waals surface area contributed by atoms with E-state index in [-0.39, 0.29) is 10.5 Å². The number of anilines is 1. The van der Waals surface area contributed by atoms with Gasteiger partial charge in [0.1, 0.15) is 4.90 Å². The summed E-state index contributed by atoms with van der Waals surface area (Å²) in [5.41, 5.74) is -0.00260. The SMILES string of the molecule is NS(=O)(=O)c1c(C(=O)O)cccc1N1CCOCC1. The Labute approximate surface area is 110 Å². The zero-order chi connectivity index (χ0) is 14.0. The lowest BCUT2D eigenvalue weighted by Crippen LogP contribution is -2.37. The molecule has 1 heterocycles. The molecule has 0 radical (unpaired) electrons. The Morgan fingerprint density at radius 1 is 1.32 bits per heavy atom. The molecular formula is C11H14N2O5S. The van der Waals surface area contributed by atoms with Crippen LogP contribution in [0.3, 0.4) is 0 Å². The molecule has 0 unspecified atom stereocenters. The second-order valence-corrected chi connectivity index (χ2v) is 5.60. The van der Waals surface area contributed by atoms with Gasteiger partial charge >= 0.3 is 5.97 Å². The second-order valence-electron chi connectivity index (χ2n) is 4.10. The molecule has 1 aliphatic heterocycles. The van der Waals surface area contributed by atoms with Gasteiger partial charge in [-0.3, -0.25) is 0 Å². The number of nitrogens with two attached hydrogens (primary N) is 1. The molecule has 1 saturated heterocycles. The Bertz CT molecular complexity index is 593. The Morgan fingerprint density at radius 3 is 2.47 bits per heavy atom. The van der Waals surface area contributed by atoms with Gasteiger partial charge < -0.3 is 14.7 Å². The first-order valence-corrected chi connectivity index (χ1v) is 7.17. The number of carbonyl (C=O) groups is 1. The van der Waals surface area contributed by atoms with Crippen molar-refractivity contribution in [1.29, 1.82) is 0 Å². The number of aromatic carboxylic acids is 1. The summed E-state index contributed by atoms with van der Waals surface area (Å²) in [6, 6.07) is 4.28. The molecule has 0 spiro atoms. The molecule has 7 nitrogen and oxygen atoms in total. The smallest absolute Gasteiger partial charge is 0.337 e. The van der Waals surface area contributed by atoms with E-state index < -0.39 is 16.0 Å². The first-order chi connectivity index (χ1) is 8.91. The van der Waals surface area contributed by atoms with E-state index in [4.69, 9.17) is 15.0 Å². The number of carboxylic acid groups (broad SMARTS) is 1. The van der Waals surface area contributed by atoms with E-state index >= 15 is 0 Å². The first kappa shape index (κ1) is 13.8. The number of nitrogens with zero attached hydrogens (tertiary/aromatic N) is 1. The standard InChI is InChI=1S/C11H14N2O5S/c12-19(16,17)10-8(11(14)15)2-1-3-9(10)13-4-6-18-7-5-13/h1-3H,4-7H2,(H,14,15)(H2,12,16,17). The van der Waals surface area contributed by atoms with Gasteiger partial charge in [-0.25, -0.2) is 18.4 Å². The molecule has 0 atom stereocenters. The van der Waals surface area contributed by atoms with E-state index in [0.717, 1.165) is 0 Å². The predicted octanol–water partition coefficient (Wildman–Crippen LogP) is -0.131. The minimum Gasteiger partial charge on any atom is -0.478 e. The highest BCUT2D eigenvalue weighted by molar-refractivity contribution is 7.89. The fourth-order valence-corrected chi connectivity index (χ4v) is 3.00. The van der Waals surface area contributed by atoms with E-state index in [0.29, 0.717) is 32.0 Å². The van der Waals surface area contributed by atoms with Crippen LogP contribution in [-0.4, -0.2) is 45.8 Å². The average Bonchev–Trinajstić information content (AvgIpc) is 2.38. The maximum absolute atomic E-state index is 11.7. The molecule has 0 amide bonds. The molecule has 3 N–H and O–H groups in total. The number of ether oxygens (including phenoxy) is 1. The molecule has 1 fully saturated rings. The van der Waals surface area contributed by atoms with Crippen LogP contribution in [0.1, 0.15) is 10.4 Å². The van der Waals surface area contributed by atoms with Crippen LogP contribution in [0.15, 0.2) is 23.1 Å². The molecule has 0 aromatic heterocycles. The molecule has 8 heteroatoms. The summed E-state index contributed by atoms with van der Waals surface area (Å²) in [5.74, 6) is -1.32. The number of benzene rings is 1. The maximum Gasteiger partial charge on any atom is 0.337 e. The van der Waals surface area contributed by atoms with Crippen molar-refractivity contribution in [3.05, 3.63) is 23.8 Å². The van der Waals surface area contributed by atoms with Gasteiger partial charge in [-0.1, -0.05) is 6.07 Å². The predicted molar refractivity (Wildman–Crippen MR) is 67.8 cm³/mol. The third-order valence-electron chi connectivity index (χ3n) is 2.86.